The number of carbonyl (C=O) groups excluding carboxylic acids is 1. The molecule has 1 N–H and O–H groups in total. The lowest BCUT2D eigenvalue weighted by molar-refractivity contribution is -0.125. The number of nitrogens with zero attached hydrogens (tertiary/aromatic N) is 1. The van der Waals surface area contributed by atoms with Gasteiger partial charge in [0.2, 0.25) is 5.91 Å². The number of amides is 1. The van der Waals surface area contributed by atoms with E-state index < -0.39 is 0 Å². The van der Waals surface area contributed by atoms with Gasteiger partial charge in [-0.15, -0.1) is 0 Å². The highest BCUT2D eigenvalue weighted by Gasteiger charge is 2.34. The number of carbonyl (C=O) groups is 1. The van der Waals surface area contributed by atoms with Crippen molar-refractivity contribution in [2.24, 2.45) is 5.41 Å². The number of hydrogen-bond acceptors (Lipinski definition) is 4. The Balaban J connectivity index is 1.88. The molecule has 5 nitrogen and oxygen atoms in total. The zero-order valence-electron chi connectivity index (χ0n) is 12.7. The summed E-state index contributed by atoms with van der Waals surface area (Å²) in [4.78, 5) is 14.1. The topological polar surface area (TPSA) is 50.8 Å². The summed E-state index contributed by atoms with van der Waals surface area (Å²) in [5.74, 6) is -0.000532. The van der Waals surface area contributed by atoms with Gasteiger partial charge in [-0.25, -0.2) is 0 Å². The summed E-state index contributed by atoms with van der Waals surface area (Å²) in [6.07, 6.45) is 6.33. The Bertz CT molecular complexity index is 297. The lowest BCUT2D eigenvalue weighted by atomic mass is 9.73. The number of ether oxygens (including phenoxy) is 2. The summed E-state index contributed by atoms with van der Waals surface area (Å²) >= 11 is 0. The first-order chi connectivity index (χ1) is 9.74. The van der Waals surface area contributed by atoms with Crippen LogP contribution in [0.1, 0.15) is 32.1 Å². The Hall–Kier alpha value is -0.650. The zero-order valence-corrected chi connectivity index (χ0v) is 12.7. The van der Waals surface area contributed by atoms with Gasteiger partial charge in [0, 0.05) is 38.7 Å². The van der Waals surface area contributed by atoms with Crippen LogP contribution in [0.3, 0.4) is 0 Å². The molecule has 0 unspecified atom stereocenters. The fraction of sp³-hybridized carbons (Fsp3) is 0.933. The maximum absolute atomic E-state index is 11.7. The van der Waals surface area contributed by atoms with Gasteiger partial charge in [-0.3, -0.25) is 9.69 Å². The van der Waals surface area contributed by atoms with Crippen LogP contribution < -0.4 is 5.32 Å². The van der Waals surface area contributed by atoms with Gasteiger partial charge in [0.25, 0.3) is 0 Å². The predicted octanol–water partition coefficient (Wildman–Crippen LogP) is 1.03. The van der Waals surface area contributed by atoms with E-state index in [1.54, 1.807) is 7.11 Å². The molecular weight excluding hydrogens is 256 g/mol. The van der Waals surface area contributed by atoms with E-state index in [1.165, 1.54) is 32.1 Å². The largest absolute Gasteiger partial charge is 0.379 e. The van der Waals surface area contributed by atoms with Gasteiger partial charge in [0.15, 0.2) is 0 Å². The second-order valence-electron chi connectivity index (χ2n) is 6.16. The number of morpholine rings is 1. The van der Waals surface area contributed by atoms with E-state index in [4.69, 9.17) is 9.47 Å². The van der Waals surface area contributed by atoms with Crippen molar-refractivity contribution < 1.29 is 14.3 Å². The van der Waals surface area contributed by atoms with Crippen molar-refractivity contribution in [1.29, 1.82) is 0 Å². The first kappa shape index (κ1) is 15.7. The van der Waals surface area contributed by atoms with E-state index in [9.17, 15) is 4.79 Å². The SMILES string of the molecule is COCC(=O)NCC1(CN2CCOCC2)CCCCC1. The molecule has 0 bridgehead atoms. The molecule has 0 atom stereocenters. The Morgan fingerprint density at radius 1 is 1.25 bits per heavy atom. The quantitative estimate of drug-likeness (QED) is 0.791. The van der Waals surface area contributed by atoms with E-state index >= 15 is 0 Å². The molecule has 2 fully saturated rings. The smallest absolute Gasteiger partial charge is 0.246 e. The lowest BCUT2D eigenvalue weighted by Gasteiger charge is -2.42. The molecule has 1 saturated heterocycles. The molecular formula is C15H28N2O3. The van der Waals surface area contributed by atoms with E-state index in [0.717, 1.165) is 39.4 Å². The maximum atomic E-state index is 11.7. The number of rotatable bonds is 6. The van der Waals surface area contributed by atoms with Crippen LogP contribution in [0.4, 0.5) is 0 Å². The highest BCUT2D eigenvalue weighted by atomic mass is 16.5. The molecule has 1 amide bonds. The summed E-state index contributed by atoms with van der Waals surface area (Å²) in [6.45, 7) is 5.75. The third kappa shape index (κ3) is 4.72. The molecule has 1 aliphatic carbocycles. The fourth-order valence-electron chi connectivity index (χ4n) is 3.39. The summed E-state index contributed by atoms with van der Waals surface area (Å²) in [5, 5.41) is 3.06. The van der Waals surface area contributed by atoms with Crippen LogP contribution in [0.5, 0.6) is 0 Å². The summed E-state index contributed by atoms with van der Waals surface area (Å²) < 4.78 is 10.3. The van der Waals surface area contributed by atoms with Crippen molar-refractivity contribution in [3.63, 3.8) is 0 Å². The summed E-state index contributed by atoms with van der Waals surface area (Å²) in [5.41, 5.74) is 0.249. The Morgan fingerprint density at radius 3 is 2.60 bits per heavy atom. The van der Waals surface area contributed by atoms with Crippen LogP contribution in [0, 0.1) is 5.41 Å². The average Bonchev–Trinajstić information content (AvgIpc) is 2.48. The number of methoxy groups -OCH3 is 1. The average molecular weight is 284 g/mol. The highest BCUT2D eigenvalue weighted by molar-refractivity contribution is 5.77. The van der Waals surface area contributed by atoms with Gasteiger partial charge < -0.3 is 14.8 Å². The van der Waals surface area contributed by atoms with E-state index in [2.05, 4.69) is 10.2 Å². The first-order valence-electron chi connectivity index (χ1n) is 7.80. The molecule has 1 aliphatic heterocycles. The minimum absolute atomic E-state index is 0.000532. The third-order valence-corrected chi connectivity index (χ3v) is 4.51. The molecule has 0 aromatic carbocycles. The van der Waals surface area contributed by atoms with Crippen LogP contribution in [0.25, 0.3) is 0 Å². The van der Waals surface area contributed by atoms with Crippen LogP contribution >= 0.6 is 0 Å². The second-order valence-corrected chi connectivity index (χ2v) is 6.16. The van der Waals surface area contributed by atoms with Gasteiger partial charge in [-0.05, 0) is 12.8 Å². The van der Waals surface area contributed by atoms with Gasteiger partial charge in [-0.1, -0.05) is 19.3 Å². The Morgan fingerprint density at radius 2 is 1.95 bits per heavy atom. The molecule has 116 valence electrons. The van der Waals surface area contributed by atoms with Gasteiger partial charge in [0.1, 0.15) is 6.61 Å². The van der Waals surface area contributed by atoms with Crippen molar-refractivity contribution in [3.8, 4) is 0 Å². The van der Waals surface area contributed by atoms with E-state index in [1.807, 2.05) is 0 Å². The normalized spacial score (nSPS) is 23.4. The molecule has 2 rings (SSSR count). The van der Waals surface area contributed by atoms with Crippen LogP contribution in [0.2, 0.25) is 0 Å². The van der Waals surface area contributed by atoms with E-state index in [-0.39, 0.29) is 17.9 Å². The fourth-order valence-corrected chi connectivity index (χ4v) is 3.39. The van der Waals surface area contributed by atoms with Crippen LogP contribution in [0.15, 0.2) is 0 Å². The predicted molar refractivity (Wildman–Crippen MR) is 77.7 cm³/mol. The van der Waals surface area contributed by atoms with Gasteiger partial charge >= 0.3 is 0 Å². The Labute approximate surface area is 122 Å². The molecule has 0 aromatic heterocycles. The zero-order chi connectivity index (χ0) is 14.3. The third-order valence-electron chi connectivity index (χ3n) is 4.51. The molecule has 0 radical (unpaired) electrons. The molecule has 0 spiro atoms. The first-order valence-corrected chi connectivity index (χ1v) is 7.80. The minimum atomic E-state index is -0.000532. The molecule has 20 heavy (non-hydrogen) atoms. The van der Waals surface area contributed by atoms with Crippen molar-refractivity contribution in [2.75, 3.05) is 53.1 Å². The molecule has 2 aliphatic rings. The second kappa shape index (κ2) is 7.96. The van der Waals surface area contributed by atoms with Crippen molar-refractivity contribution >= 4 is 5.91 Å². The summed E-state index contributed by atoms with van der Waals surface area (Å²) in [6, 6.07) is 0. The van der Waals surface area contributed by atoms with Gasteiger partial charge in [0.05, 0.1) is 13.2 Å². The number of hydrogen-bond donors (Lipinski definition) is 1. The minimum Gasteiger partial charge on any atom is -0.379 e. The van der Waals surface area contributed by atoms with Crippen molar-refractivity contribution in [1.82, 2.24) is 10.2 Å². The highest BCUT2D eigenvalue weighted by Crippen LogP contribution is 2.36. The van der Waals surface area contributed by atoms with Crippen LogP contribution in [-0.4, -0.2) is 63.9 Å². The monoisotopic (exact) mass is 284 g/mol. The van der Waals surface area contributed by atoms with Crippen LogP contribution in [-0.2, 0) is 14.3 Å². The lowest BCUT2D eigenvalue weighted by Crippen LogP contribution is -2.49. The molecule has 5 heteroatoms. The maximum Gasteiger partial charge on any atom is 0.246 e. The molecule has 1 saturated carbocycles. The van der Waals surface area contributed by atoms with E-state index in [0.29, 0.717) is 0 Å². The summed E-state index contributed by atoms with van der Waals surface area (Å²) in [7, 11) is 1.56. The molecule has 0 aromatic rings. The van der Waals surface area contributed by atoms with Crippen molar-refractivity contribution in [3.05, 3.63) is 0 Å². The molecule has 1 heterocycles. The standard InChI is InChI=1S/C15H28N2O3/c1-19-11-14(18)16-12-15(5-3-2-4-6-15)13-17-7-9-20-10-8-17/h2-13H2,1H3,(H,16,18). The number of nitrogens with one attached hydrogen (secondary N) is 1. The van der Waals surface area contributed by atoms with Crippen molar-refractivity contribution in [2.45, 2.75) is 32.1 Å². The Kier molecular flexibility index (Phi) is 6.26. The van der Waals surface area contributed by atoms with Gasteiger partial charge in [-0.2, -0.15) is 0 Å².